The van der Waals surface area contributed by atoms with Gasteiger partial charge in [0.2, 0.25) is 0 Å². The number of ether oxygens (including phenoxy) is 2. The second-order valence-electron chi connectivity index (χ2n) is 4.00. The van der Waals surface area contributed by atoms with Gasteiger partial charge in [0.1, 0.15) is 12.4 Å². The van der Waals surface area contributed by atoms with Crippen LogP contribution in [-0.2, 0) is 4.74 Å². The van der Waals surface area contributed by atoms with Gasteiger partial charge in [-0.1, -0.05) is 25.1 Å². The van der Waals surface area contributed by atoms with E-state index in [0.29, 0.717) is 19.8 Å². The van der Waals surface area contributed by atoms with E-state index < -0.39 is 0 Å². The summed E-state index contributed by atoms with van der Waals surface area (Å²) in [6.45, 7) is 4.79. The van der Waals surface area contributed by atoms with Crippen molar-refractivity contribution in [2.45, 2.75) is 19.4 Å². The minimum atomic E-state index is 0.130. The third-order valence-corrected chi connectivity index (χ3v) is 2.56. The maximum atomic E-state index is 9.07. The van der Waals surface area contributed by atoms with Crippen molar-refractivity contribution in [3.63, 3.8) is 0 Å². The zero-order valence-electron chi connectivity index (χ0n) is 11.0. The number of benzene rings is 1. The highest BCUT2D eigenvalue weighted by atomic mass is 16.5. The Morgan fingerprint density at radius 1 is 1.17 bits per heavy atom. The Morgan fingerprint density at radius 3 is 2.61 bits per heavy atom. The summed E-state index contributed by atoms with van der Waals surface area (Å²) < 4.78 is 11.0. The quantitative estimate of drug-likeness (QED) is 0.620. The molecule has 0 heterocycles. The SMILES string of the molecule is CCNC(CO)CCOCCOc1ccccc1. The van der Waals surface area contributed by atoms with Crippen molar-refractivity contribution >= 4 is 0 Å². The van der Waals surface area contributed by atoms with Crippen LogP contribution in [0.25, 0.3) is 0 Å². The van der Waals surface area contributed by atoms with Gasteiger partial charge in [0.25, 0.3) is 0 Å². The second-order valence-corrected chi connectivity index (χ2v) is 4.00. The van der Waals surface area contributed by atoms with Gasteiger partial charge in [-0.2, -0.15) is 0 Å². The molecule has 102 valence electrons. The lowest BCUT2D eigenvalue weighted by atomic mass is 10.2. The summed E-state index contributed by atoms with van der Waals surface area (Å²) in [6.07, 6.45) is 0.815. The first-order valence-electron chi connectivity index (χ1n) is 6.46. The minimum Gasteiger partial charge on any atom is -0.491 e. The highest BCUT2D eigenvalue weighted by Gasteiger charge is 2.04. The highest BCUT2D eigenvalue weighted by molar-refractivity contribution is 5.20. The first-order valence-corrected chi connectivity index (χ1v) is 6.46. The molecule has 0 bridgehead atoms. The lowest BCUT2D eigenvalue weighted by molar-refractivity contribution is 0.0873. The van der Waals surface area contributed by atoms with Crippen molar-refractivity contribution in [1.29, 1.82) is 0 Å². The van der Waals surface area contributed by atoms with Crippen LogP contribution in [0.2, 0.25) is 0 Å². The van der Waals surface area contributed by atoms with E-state index in [0.717, 1.165) is 18.7 Å². The Kier molecular flexibility index (Phi) is 8.21. The van der Waals surface area contributed by atoms with Crippen molar-refractivity contribution in [2.75, 3.05) is 33.0 Å². The van der Waals surface area contributed by atoms with E-state index >= 15 is 0 Å². The molecule has 0 fully saturated rings. The number of hydrogen-bond acceptors (Lipinski definition) is 4. The fourth-order valence-electron chi connectivity index (χ4n) is 1.61. The van der Waals surface area contributed by atoms with Gasteiger partial charge in [0.15, 0.2) is 0 Å². The molecule has 0 aromatic heterocycles. The van der Waals surface area contributed by atoms with Crippen molar-refractivity contribution < 1.29 is 14.6 Å². The molecule has 1 rings (SSSR count). The number of rotatable bonds is 10. The fraction of sp³-hybridized carbons (Fsp3) is 0.571. The average molecular weight is 253 g/mol. The van der Waals surface area contributed by atoms with E-state index in [1.807, 2.05) is 37.3 Å². The Morgan fingerprint density at radius 2 is 1.94 bits per heavy atom. The Labute approximate surface area is 109 Å². The van der Waals surface area contributed by atoms with Gasteiger partial charge >= 0.3 is 0 Å². The molecule has 18 heavy (non-hydrogen) atoms. The van der Waals surface area contributed by atoms with Crippen LogP contribution in [-0.4, -0.2) is 44.1 Å². The topological polar surface area (TPSA) is 50.7 Å². The van der Waals surface area contributed by atoms with Crippen molar-refractivity contribution in [1.82, 2.24) is 5.32 Å². The molecule has 2 N–H and O–H groups in total. The van der Waals surface area contributed by atoms with Crippen LogP contribution in [0.1, 0.15) is 13.3 Å². The minimum absolute atomic E-state index is 0.130. The molecule has 1 unspecified atom stereocenters. The summed E-state index contributed by atoms with van der Waals surface area (Å²) in [6, 6.07) is 9.82. The van der Waals surface area contributed by atoms with E-state index in [9.17, 15) is 0 Å². The lowest BCUT2D eigenvalue weighted by Gasteiger charge is -2.14. The summed E-state index contributed by atoms with van der Waals surface area (Å²) in [5, 5.41) is 12.3. The van der Waals surface area contributed by atoms with Gasteiger partial charge in [-0.05, 0) is 25.1 Å². The number of aliphatic hydroxyl groups is 1. The highest BCUT2D eigenvalue weighted by Crippen LogP contribution is 2.07. The average Bonchev–Trinajstić information content (AvgIpc) is 2.42. The third-order valence-electron chi connectivity index (χ3n) is 2.56. The van der Waals surface area contributed by atoms with Gasteiger partial charge < -0.3 is 19.9 Å². The summed E-state index contributed by atoms with van der Waals surface area (Å²) in [5.41, 5.74) is 0. The summed E-state index contributed by atoms with van der Waals surface area (Å²) in [7, 11) is 0. The number of para-hydroxylation sites is 1. The maximum absolute atomic E-state index is 9.07. The van der Waals surface area contributed by atoms with E-state index in [1.165, 1.54) is 0 Å². The zero-order valence-corrected chi connectivity index (χ0v) is 11.0. The predicted molar refractivity (Wildman–Crippen MR) is 71.9 cm³/mol. The van der Waals surface area contributed by atoms with Crippen LogP contribution >= 0.6 is 0 Å². The number of hydrogen-bond donors (Lipinski definition) is 2. The molecule has 1 aromatic rings. The first kappa shape index (κ1) is 15.0. The molecule has 4 heteroatoms. The molecule has 1 atom stereocenters. The maximum Gasteiger partial charge on any atom is 0.119 e. The Bertz CT molecular complexity index is 292. The normalized spacial score (nSPS) is 12.3. The third kappa shape index (κ3) is 6.59. The molecule has 0 saturated heterocycles. The standard InChI is InChI=1S/C14H23NO3/c1-2-15-13(12-16)8-9-17-10-11-18-14-6-4-3-5-7-14/h3-7,13,15-16H,2,8-12H2,1H3. The molecule has 0 spiro atoms. The number of likely N-dealkylation sites (N-methyl/N-ethyl adjacent to an activating group) is 1. The van der Waals surface area contributed by atoms with E-state index in [4.69, 9.17) is 14.6 Å². The van der Waals surface area contributed by atoms with E-state index in [1.54, 1.807) is 0 Å². The first-order chi connectivity index (χ1) is 8.86. The van der Waals surface area contributed by atoms with Crippen molar-refractivity contribution in [3.8, 4) is 5.75 Å². The van der Waals surface area contributed by atoms with Gasteiger partial charge in [-0.15, -0.1) is 0 Å². The smallest absolute Gasteiger partial charge is 0.119 e. The van der Waals surface area contributed by atoms with Gasteiger partial charge in [-0.3, -0.25) is 0 Å². The molecular formula is C14H23NO3. The Balaban J connectivity index is 1.98. The summed E-state index contributed by atoms with van der Waals surface area (Å²) in [4.78, 5) is 0. The van der Waals surface area contributed by atoms with Crippen LogP contribution in [0.3, 0.4) is 0 Å². The van der Waals surface area contributed by atoms with Crippen LogP contribution in [0, 0.1) is 0 Å². The molecule has 1 aromatic carbocycles. The van der Waals surface area contributed by atoms with Gasteiger partial charge in [-0.25, -0.2) is 0 Å². The van der Waals surface area contributed by atoms with Crippen LogP contribution in [0.15, 0.2) is 30.3 Å². The molecular weight excluding hydrogens is 230 g/mol. The monoisotopic (exact) mass is 253 g/mol. The molecule has 0 saturated carbocycles. The molecule has 0 aliphatic rings. The van der Waals surface area contributed by atoms with Gasteiger partial charge in [0.05, 0.1) is 13.2 Å². The molecule has 0 amide bonds. The van der Waals surface area contributed by atoms with E-state index in [2.05, 4.69) is 5.32 Å². The van der Waals surface area contributed by atoms with Crippen molar-refractivity contribution in [2.24, 2.45) is 0 Å². The predicted octanol–water partition coefficient (Wildman–Crippen LogP) is 1.44. The largest absolute Gasteiger partial charge is 0.491 e. The lowest BCUT2D eigenvalue weighted by Crippen LogP contribution is -2.33. The summed E-state index contributed by atoms with van der Waals surface area (Å²) >= 11 is 0. The number of aliphatic hydroxyl groups excluding tert-OH is 1. The van der Waals surface area contributed by atoms with Crippen molar-refractivity contribution in [3.05, 3.63) is 30.3 Å². The molecule has 0 radical (unpaired) electrons. The summed E-state index contributed by atoms with van der Waals surface area (Å²) in [5.74, 6) is 0.863. The second kappa shape index (κ2) is 9.88. The Hall–Kier alpha value is -1.10. The van der Waals surface area contributed by atoms with Crippen LogP contribution in [0.4, 0.5) is 0 Å². The van der Waals surface area contributed by atoms with Crippen LogP contribution < -0.4 is 10.1 Å². The molecule has 0 aliphatic heterocycles. The van der Waals surface area contributed by atoms with Gasteiger partial charge in [0, 0.05) is 12.6 Å². The zero-order chi connectivity index (χ0) is 13.1. The van der Waals surface area contributed by atoms with E-state index in [-0.39, 0.29) is 12.6 Å². The molecule has 0 aliphatic carbocycles. The number of nitrogens with one attached hydrogen (secondary N) is 1. The fourth-order valence-corrected chi connectivity index (χ4v) is 1.61. The van der Waals surface area contributed by atoms with Crippen LogP contribution in [0.5, 0.6) is 5.75 Å². The molecule has 4 nitrogen and oxygen atoms in total.